The van der Waals surface area contributed by atoms with Gasteiger partial charge >= 0.3 is 0 Å². The van der Waals surface area contributed by atoms with Crippen LogP contribution in [0.4, 0.5) is 0 Å². The summed E-state index contributed by atoms with van der Waals surface area (Å²) in [5.74, 6) is -1.24. The molecule has 0 unspecified atom stereocenters. The third kappa shape index (κ3) is 2.85. The van der Waals surface area contributed by atoms with Gasteiger partial charge in [-0.1, -0.05) is 6.07 Å². The molecule has 2 rings (SSSR count). The zero-order valence-electron chi connectivity index (χ0n) is 10.0. The first-order valence-corrected chi connectivity index (χ1v) is 7.63. The van der Waals surface area contributed by atoms with Crippen molar-refractivity contribution in [2.75, 3.05) is 13.1 Å². The fourth-order valence-corrected chi connectivity index (χ4v) is 4.24. The van der Waals surface area contributed by atoms with Gasteiger partial charge in [0, 0.05) is 4.47 Å². The summed E-state index contributed by atoms with van der Waals surface area (Å²) in [5.41, 5.74) is 0.901. The number of halogens is 1. The van der Waals surface area contributed by atoms with E-state index in [1.165, 1.54) is 6.07 Å². The van der Waals surface area contributed by atoms with E-state index in [2.05, 4.69) is 21.2 Å². The molecule has 0 bridgehead atoms. The lowest BCUT2D eigenvalue weighted by Crippen LogP contribution is -2.53. The van der Waals surface area contributed by atoms with Crippen molar-refractivity contribution in [3.8, 4) is 0 Å². The van der Waals surface area contributed by atoms with Gasteiger partial charge in [0.2, 0.25) is 21.8 Å². The van der Waals surface area contributed by atoms with Crippen LogP contribution in [0.2, 0.25) is 0 Å². The highest BCUT2D eigenvalue weighted by Gasteiger charge is 2.33. The molecule has 1 heterocycles. The molecule has 0 radical (unpaired) electrons. The largest absolute Gasteiger partial charge is 0.294 e. The second-order valence-electron chi connectivity index (χ2n) is 4.18. The molecule has 1 saturated heterocycles. The van der Waals surface area contributed by atoms with Crippen molar-refractivity contribution in [1.82, 2.24) is 9.62 Å². The third-order valence-corrected chi connectivity index (χ3v) is 5.39. The number of hydrogen-bond acceptors (Lipinski definition) is 4. The van der Waals surface area contributed by atoms with Crippen molar-refractivity contribution in [3.63, 3.8) is 0 Å². The predicted molar refractivity (Wildman–Crippen MR) is 70.8 cm³/mol. The van der Waals surface area contributed by atoms with Crippen LogP contribution in [0.1, 0.15) is 5.56 Å². The number of benzene rings is 1. The van der Waals surface area contributed by atoms with Gasteiger partial charge in [-0.2, -0.15) is 4.31 Å². The van der Waals surface area contributed by atoms with Gasteiger partial charge in [0.25, 0.3) is 0 Å². The number of rotatable bonds is 2. The van der Waals surface area contributed by atoms with Crippen LogP contribution in [0, 0.1) is 6.92 Å². The van der Waals surface area contributed by atoms with E-state index in [1.54, 1.807) is 12.1 Å². The molecule has 0 spiro atoms. The first-order chi connectivity index (χ1) is 8.80. The fraction of sp³-hybridized carbons (Fsp3) is 0.273. The molecule has 1 N–H and O–H groups in total. The van der Waals surface area contributed by atoms with Crippen LogP contribution in [0.25, 0.3) is 0 Å². The molecule has 1 aliphatic heterocycles. The number of hydrogen-bond donors (Lipinski definition) is 1. The predicted octanol–water partition coefficient (Wildman–Crippen LogP) is 0.405. The highest BCUT2D eigenvalue weighted by molar-refractivity contribution is 9.10. The number of carbonyl (C=O) groups excluding carboxylic acids is 2. The summed E-state index contributed by atoms with van der Waals surface area (Å²) in [6.45, 7) is 1.13. The number of amides is 2. The Hall–Kier alpha value is -1.25. The molecule has 19 heavy (non-hydrogen) atoms. The Balaban J connectivity index is 2.42. The summed E-state index contributed by atoms with van der Waals surface area (Å²) in [5, 5.41) is 2.06. The number of nitrogens with zero attached hydrogens (tertiary/aromatic N) is 1. The standard InChI is InChI=1S/C11H11BrN2O4S/c1-7-2-3-9(8(12)4-7)19(17,18)14-5-10(15)13-11(16)6-14/h2-4H,5-6H2,1H3,(H,13,15,16). The Bertz CT molecular complexity index is 641. The van der Waals surface area contributed by atoms with Crippen LogP contribution in [-0.4, -0.2) is 37.6 Å². The van der Waals surface area contributed by atoms with E-state index in [0.29, 0.717) is 4.47 Å². The van der Waals surface area contributed by atoms with Crippen molar-refractivity contribution in [1.29, 1.82) is 0 Å². The second-order valence-corrected chi connectivity index (χ2v) is 6.94. The van der Waals surface area contributed by atoms with Gasteiger partial charge in [-0.05, 0) is 40.5 Å². The first-order valence-electron chi connectivity index (χ1n) is 5.39. The van der Waals surface area contributed by atoms with E-state index in [1.807, 2.05) is 6.92 Å². The topological polar surface area (TPSA) is 83.6 Å². The van der Waals surface area contributed by atoms with Crippen LogP contribution in [0.3, 0.4) is 0 Å². The van der Waals surface area contributed by atoms with E-state index in [-0.39, 0.29) is 18.0 Å². The zero-order valence-corrected chi connectivity index (χ0v) is 12.4. The van der Waals surface area contributed by atoms with Gasteiger partial charge in [-0.15, -0.1) is 0 Å². The minimum Gasteiger partial charge on any atom is -0.294 e. The molecule has 2 amide bonds. The Morgan fingerprint density at radius 2 is 1.79 bits per heavy atom. The number of aryl methyl sites for hydroxylation is 1. The van der Waals surface area contributed by atoms with Crippen molar-refractivity contribution in [2.24, 2.45) is 0 Å². The molecule has 102 valence electrons. The van der Waals surface area contributed by atoms with Crippen LogP contribution in [-0.2, 0) is 19.6 Å². The first kappa shape index (κ1) is 14.2. The maximum atomic E-state index is 12.4. The van der Waals surface area contributed by atoms with Crippen LogP contribution >= 0.6 is 15.9 Å². The van der Waals surface area contributed by atoms with Gasteiger partial charge in [-0.3, -0.25) is 14.9 Å². The smallest absolute Gasteiger partial charge is 0.245 e. The molecule has 0 aliphatic carbocycles. The molecule has 0 saturated carbocycles. The zero-order chi connectivity index (χ0) is 14.2. The Morgan fingerprint density at radius 3 is 2.32 bits per heavy atom. The average molecular weight is 347 g/mol. The molecule has 1 aliphatic rings. The molecule has 6 nitrogen and oxygen atoms in total. The molecule has 1 fully saturated rings. The van der Waals surface area contributed by atoms with Crippen LogP contribution in [0.15, 0.2) is 27.6 Å². The third-order valence-electron chi connectivity index (χ3n) is 2.62. The van der Waals surface area contributed by atoms with E-state index >= 15 is 0 Å². The van der Waals surface area contributed by atoms with Crippen LogP contribution < -0.4 is 5.32 Å². The van der Waals surface area contributed by atoms with Crippen molar-refractivity contribution >= 4 is 37.8 Å². The molecular weight excluding hydrogens is 336 g/mol. The Labute approximate surface area is 119 Å². The van der Waals surface area contributed by atoms with E-state index in [4.69, 9.17) is 0 Å². The highest BCUT2D eigenvalue weighted by Crippen LogP contribution is 2.26. The van der Waals surface area contributed by atoms with E-state index < -0.39 is 21.8 Å². The number of sulfonamides is 1. The number of piperazine rings is 1. The SMILES string of the molecule is Cc1ccc(S(=O)(=O)N2CC(=O)NC(=O)C2)c(Br)c1. The lowest BCUT2D eigenvalue weighted by molar-refractivity contribution is -0.134. The van der Waals surface area contributed by atoms with Gasteiger partial charge < -0.3 is 0 Å². The summed E-state index contributed by atoms with van der Waals surface area (Å²) in [6.07, 6.45) is 0. The van der Waals surface area contributed by atoms with Gasteiger partial charge in [0.1, 0.15) is 0 Å². The molecule has 1 aromatic rings. The summed E-state index contributed by atoms with van der Waals surface area (Å²) in [6, 6.07) is 4.77. The van der Waals surface area contributed by atoms with Crippen molar-refractivity contribution < 1.29 is 18.0 Å². The molecule has 8 heteroatoms. The van der Waals surface area contributed by atoms with E-state index in [9.17, 15) is 18.0 Å². The van der Waals surface area contributed by atoms with Crippen molar-refractivity contribution in [2.45, 2.75) is 11.8 Å². The monoisotopic (exact) mass is 346 g/mol. The fourth-order valence-electron chi connectivity index (χ4n) is 1.73. The lowest BCUT2D eigenvalue weighted by atomic mass is 10.2. The van der Waals surface area contributed by atoms with Gasteiger partial charge in [-0.25, -0.2) is 8.42 Å². The quantitative estimate of drug-likeness (QED) is 0.786. The molecule has 0 atom stereocenters. The molecule has 1 aromatic carbocycles. The Morgan fingerprint density at radius 1 is 1.21 bits per heavy atom. The number of carbonyl (C=O) groups is 2. The van der Waals surface area contributed by atoms with Crippen LogP contribution in [0.5, 0.6) is 0 Å². The summed E-state index contributed by atoms with van der Waals surface area (Å²) in [7, 11) is -3.87. The summed E-state index contributed by atoms with van der Waals surface area (Å²) < 4.78 is 26.0. The van der Waals surface area contributed by atoms with Gasteiger partial charge in [0.15, 0.2) is 0 Å². The molecular formula is C11H11BrN2O4S. The average Bonchev–Trinajstić information content (AvgIpc) is 2.26. The minimum absolute atomic E-state index is 0.0422. The maximum absolute atomic E-state index is 12.4. The van der Waals surface area contributed by atoms with E-state index in [0.717, 1.165) is 9.87 Å². The molecule has 0 aromatic heterocycles. The lowest BCUT2D eigenvalue weighted by Gasteiger charge is -2.25. The highest BCUT2D eigenvalue weighted by atomic mass is 79.9. The summed E-state index contributed by atoms with van der Waals surface area (Å²) in [4.78, 5) is 22.5. The second kappa shape index (κ2) is 5.03. The van der Waals surface area contributed by atoms with Crippen molar-refractivity contribution in [3.05, 3.63) is 28.2 Å². The maximum Gasteiger partial charge on any atom is 0.245 e. The number of nitrogens with one attached hydrogen (secondary N) is 1. The normalized spacial score (nSPS) is 17.4. The number of imide groups is 1. The minimum atomic E-state index is -3.87. The summed E-state index contributed by atoms with van der Waals surface area (Å²) >= 11 is 3.19. The van der Waals surface area contributed by atoms with Gasteiger partial charge in [0.05, 0.1) is 18.0 Å². The Kier molecular flexibility index (Phi) is 3.75.